The number of nitrogens with one attached hydrogen (secondary N) is 1. The van der Waals surface area contributed by atoms with Crippen LogP contribution >= 0.6 is 0 Å². The van der Waals surface area contributed by atoms with Gasteiger partial charge in [-0.3, -0.25) is 0 Å². The molecule has 0 aromatic heterocycles. The first-order valence-electron chi connectivity index (χ1n) is 11.2. The van der Waals surface area contributed by atoms with Gasteiger partial charge in [0.1, 0.15) is 12.4 Å². The first-order valence-corrected chi connectivity index (χ1v) is 11.2. The van der Waals surface area contributed by atoms with E-state index in [1.807, 2.05) is 73.7 Å². The summed E-state index contributed by atoms with van der Waals surface area (Å²) in [5.74, 6) is 1.30. The molecule has 0 saturated carbocycles. The molecule has 1 N–H and O–H groups in total. The van der Waals surface area contributed by atoms with Gasteiger partial charge in [0.2, 0.25) is 0 Å². The molecule has 0 bridgehead atoms. The van der Waals surface area contributed by atoms with E-state index >= 15 is 0 Å². The van der Waals surface area contributed by atoms with Crippen molar-refractivity contribution in [2.75, 3.05) is 26.3 Å². The lowest BCUT2D eigenvalue weighted by Crippen LogP contribution is -2.22. The first-order chi connectivity index (χ1) is 15.8. The fourth-order valence-electron chi connectivity index (χ4n) is 3.41. The van der Waals surface area contributed by atoms with E-state index in [0.29, 0.717) is 19.8 Å². The van der Waals surface area contributed by atoms with Crippen LogP contribution in [0.3, 0.4) is 0 Å². The number of hydrogen-bond acceptors (Lipinski definition) is 4. The van der Waals surface area contributed by atoms with Crippen molar-refractivity contribution in [3.05, 3.63) is 95.8 Å². The lowest BCUT2D eigenvalue weighted by molar-refractivity contribution is 0.0325. The molecule has 3 aromatic carbocycles. The maximum absolute atomic E-state index is 13.3. The summed E-state index contributed by atoms with van der Waals surface area (Å²) in [5, 5.41) is 3.42. The topological polar surface area (TPSA) is 39.7 Å². The lowest BCUT2D eigenvalue weighted by Gasteiger charge is -2.19. The zero-order valence-electron chi connectivity index (χ0n) is 18.6. The standard InChI is InChI=1S/C27H32FNO3/c1-2-30-26-11-6-7-12-27(26)31-20-19-29-18-8-13-25(23-14-16-24(28)17-15-23)32-21-22-9-4-3-5-10-22/h3-7,9-12,14-17,25,29H,2,8,13,18-21H2,1H3. The Kier molecular flexibility index (Phi) is 10.0. The van der Waals surface area contributed by atoms with Crippen molar-refractivity contribution in [3.8, 4) is 11.5 Å². The van der Waals surface area contributed by atoms with Crippen LogP contribution in [0.1, 0.15) is 37.0 Å². The molecule has 1 unspecified atom stereocenters. The summed E-state index contributed by atoms with van der Waals surface area (Å²) < 4.78 is 31.0. The van der Waals surface area contributed by atoms with E-state index in [2.05, 4.69) is 5.32 Å². The molecule has 0 aliphatic rings. The molecule has 5 heteroatoms. The van der Waals surface area contributed by atoms with Crippen LogP contribution in [-0.4, -0.2) is 26.3 Å². The molecule has 0 aliphatic carbocycles. The van der Waals surface area contributed by atoms with E-state index in [9.17, 15) is 4.39 Å². The minimum Gasteiger partial charge on any atom is -0.490 e. The Morgan fingerprint density at radius 3 is 2.22 bits per heavy atom. The van der Waals surface area contributed by atoms with Crippen LogP contribution in [0.4, 0.5) is 4.39 Å². The molecule has 0 heterocycles. The molecule has 0 radical (unpaired) electrons. The Hall–Kier alpha value is -2.89. The highest BCUT2D eigenvalue weighted by molar-refractivity contribution is 5.39. The van der Waals surface area contributed by atoms with Crippen molar-refractivity contribution in [2.24, 2.45) is 0 Å². The molecular weight excluding hydrogens is 405 g/mol. The second kappa shape index (κ2) is 13.5. The van der Waals surface area contributed by atoms with Gasteiger partial charge in [0, 0.05) is 6.54 Å². The average Bonchev–Trinajstić information content (AvgIpc) is 2.83. The minimum atomic E-state index is -0.233. The highest BCUT2D eigenvalue weighted by atomic mass is 19.1. The highest BCUT2D eigenvalue weighted by Gasteiger charge is 2.12. The average molecular weight is 438 g/mol. The van der Waals surface area contributed by atoms with E-state index in [0.717, 1.165) is 48.6 Å². The van der Waals surface area contributed by atoms with E-state index in [-0.39, 0.29) is 11.9 Å². The monoisotopic (exact) mass is 437 g/mol. The van der Waals surface area contributed by atoms with E-state index in [1.54, 1.807) is 0 Å². The van der Waals surface area contributed by atoms with Crippen LogP contribution in [0.15, 0.2) is 78.9 Å². The molecule has 0 spiro atoms. The fraction of sp³-hybridized carbons (Fsp3) is 0.333. The summed E-state index contributed by atoms with van der Waals surface area (Å²) in [7, 11) is 0. The van der Waals surface area contributed by atoms with Gasteiger partial charge in [0.15, 0.2) is 11.5 Å². The van der Waals surface area contributed by atoms with Crippen molar-refractivity contribution >= 4 is 0 Å². The SMILES string of the molecule is CCOc1ccccc1OCCNCCCC(OCc1ccccc1)c1ccc(F)cc1. The van der Waals surface area contributed by atoms with Gasteiger partial charge in [-0.2, -0.15) is 0 Å². The molecule has 0 amide bonds. The smallest absolute Gasteiger partial charge is 0.161 e. The minimum absolute atomic E-state index is 0.0769. The van der Waals surface area contributed by atoms with Gasteiger partial charge >= 0.3 is 0 Å². The van der Waals surface area contributed by atoms with Gasteiger partial charge in [-0.05, 0) is 61.7 Å². The maximum Gasteiger partial charge on any atom is 0.161 e. The third-order valence-electron chi connectivity index (χ3n) is 5.04. The van der Waals surface area contributed by atoms with Gasteiger partial charge in [-0.1, -0.05) is 54.6 Å². The van der Waals surface area contributed by atoms with Crippen LogP contribution in [0.2, 0.25) is 0 Å². The summed E-state index contributed by atoms with van der Waals surface area (Å²) in [6.07, 6.45) is 1.71. The lowest BCUT2D eigenvalue weighted by atomic mass is 10.0. The van der Waals surface area contributed by atoms with Crippen LogP contribution in [-0.2, 0) is 11.3 Å². The molecule has 4 nitrogen and oxygen atoms in total. The quantitative estimate of drug-likeness (QED) is 0.317. The highest BCUT2D eigenvalue weighted by Crippen LogP contribution is 2.26. The molecule has 0 fully saturated rings. The zero-order valence-corrected chi connectivity index (χ0v) is 18.6. The number of halogens is 1. The van der Waals surface area contributed by atoms with Gasteiger partial charge < -0.3 is 19.5 Å². The molecule has 32 heavy (non-hydrogen) atoms. The molecule has 1 atom stereocenters. The first kappa shape index (κ1) is 23.8. The van der Waals surface area contributed by atoms with Crippen molar-refractivity contribution in [2.45, 2.75) is 32.5 Å². The van der Waals surface area contributed by atoms with Gasteiger partial charge in [0.25, 0.3) is 0 Å². The van der Waals surface area contributed by atoms with Crippen molar-refractivity contribution in [1.82, 2.24) is 5.32 Å². The number of rotatable bonds is 14. The number of benzene rings is 3. The largest absolute Gasteiger partial charge is 0.490 e. The maximum atomic E-state index is 13.3. The number of ether oxygens (including phenoxy) is 3. The molecular formula is C27H32FNO3. The van der Waals surface area contributed by atoms with Crippen molar-refractivity contribution < 1.29 is 18.6 Å². The van der Waals surface area contributed by atoms with E-state index in [1.165, 1.54) is 12.1 Å². The summed E-state index contributed by atoms with van der Waals surface area (Å²) in [6.45, 7) is 5.26. The summed E-state index contributed by atoms with van der Waals surface area (Å²) >= 11 is 0. The normalized spacial score (nSPS) is 11.8. The number of para-hydroxylation sites is 2. The second-order valence-electron chi connectivity index (χ2n) is 7.46. The molecule has 3 aromatic rings. The Labute approximate surface area is 190 Å². The summed E-state index contributed by atoms with van der Waals surface area (Å²) in [6, 6.07) is 24.4. The summed E-state index contributed by atoms with van der Waals surface area (Å²) in [5.41, 5.74) is 2.13. The Morgan fingerprint density at radius 1 is 0.812 bits per heavy atom. The second-order valence-corrected chi connectivity index (χ2v) is 7.46. The predicted octanol–water partition coefficient (Wildman–Crippen LogP) is 5.93. The van der Waals surface area contributed by atoms with Crippen molar-refractivity contribution in [3.63, 3.8) is 0 Å². The van der Waals surface area contributed by atoms with Gasteiger partial charge in [-0.15, -0.1) is 0 Å². The van der Waals surface area contributed by atoms with Gasteiger partial charge in [-0.25, -0.2) is 4.39 Å². The molecule has 170 valence electrons. The molecule has 0 aliphatic heterocycles. The third kappa shape index (κ3) is 7.98. The Morgan fingerprint density at radius 2 is 1.50 bits per heavy atom. The van der Waals surface area contributed by atoms with E-state index in [4.69, 9.17) is 14.2 Å². The van der Waals surface area contributed by atoms with E-state index < -0.39 is 0 Å². The molecule has 3 rings (SSSR count). The fourth-order valence-corrected chi connectivity index (χ4v) is 3.41. The Balaban J connectivity index is 1.41. The van der Waals surface area contributed by atoms with Crippen LogP contribution in [0.5, 0.6) is 11.5 Å². The predicted molar refractivity (Wildman–Crippen MR) is 126 cm³/mol. The third-order valence-corrected chi connectivity index (χ3v) is 5.04. The molecule has 0 saturated heterocycles. The van der Waals surface area contributed by atoms with Gasteiger partial charge in [0.05, 0.1) is 19.3 Å². The van der Waals surface area contributed by atoms with Crippen LogP contribution in [0.25, 0.3) is 0 Å². The zero-order chi connectivity index (χ0) is 22.4. The van der Waals surface area contributed by atoms with Crippen LogP contribution < -0.4 is 14.8 Å². The Bertz CT molecular complexity index is 902. The van der Waals surface area contributed by atoms with Crippen LogP contribution in [0, 0.1) is 5.82 Å². The summed E-state index contributed by atoms with van der Waals surface area (Å²) in [4.78, 5) is 0. The van der Waals surface area contributed by atoms with Crippen molar-refractivity contribution in [1.29, 1.82) is 0 Å². The number of hydrogen-bond donors (Lipinski definition) is 1.